The molecule has 7 heteroatoms. The van der Waals surface area contributed by atoms with E-state index in [-0.39, 0.29) is 17.9 Å². The van der Waals surface area contributed by atoms with Crippen LogP contribution in [0.15, 0.2) is 4.52 Å². The molecule has 0 saturated carbocycles. The molecule has 1 N–H and O–H groups in total. The Bertz CT molecular complexity index is 545. The third-order valence-electron chi connectivity index (χ3n) is 2.96. The summed E-state index contributed by atoms with van der Waals surface area (Å²) in [5.74, 6) is -0.681. The zero-order valence-corrected chi connectivity index (χ0v) is 10.2. The highest BCUT2D eigenvalue weighted by Gasteiger charge is 2.38. The van der Waals surface area contributed by atoms with Crippen molar-refractivity contribution in [2.75, 3.05) is 5.75 Å². The van der Waals surface area contributed by atoms with Crippen LogP contribution in [0.4, 0.5) is 0 Å². The first kappa shape index (κ1) is 12.1. The van der Waals surface area contributed by atoms with Crippen molar-refractivity contribution in [3.05, 3.63) is 17.0 Å². The Labute approximate surface area is 98.5 Å². The summed E-state index contributed by atoms with van der Waals surface area (Å²) < 4.78 is 28.6. The molecule has 1 aromatic heterocycles. The van der Waals surface area contributed by atoms with E-state index in [1.807, 2.05) is 0 Å². The van der Waals surface area contributed by atoms with Gasteiger partial charge in [-0.15, -0.1) is 0 Å². The van der Waals surface area contributed by atoms with E-state index in [1.54, 1.807) is 6.92 Å². The number of carboxylic acid groups (broad SMARTS) is 1. The van der Waals surface area contributed by atoms with Crippen molar-refractivity contribution in [1.82, 2.24) is 5.16 Å². The van der Waals surface area contributed by atoms with Gasteiger partial charge in [-0.2, -0.15) is 0 Å². The number of sulfone groups is 1. The van der Waals surface area contributed by atoms with Crippen LogP contribution in [0.2, 0.25) is 0 Å². The topological polar surface area (TPSA) is 97.5 Å². The maximum atomic E-state index is 11.8. The van der Waals surface area contributed by atoms with Gasteiger partial charge in [-0.05, 0) is 19.8 Å². The first-order chi connectivity index (χ1) is 7.92. The van der Waals surface area contributed by atoms with E-state index in [0.717, 1.165) is 0 Å². The number of carboxylic acids is 1. The Morgan fingerprint density at radius 3 is 2.82 bits per heavy atom. The number of nitrogens with zero attached hydrogens (tertiary/aromatic N) is 1. The van der Waals surface area contributed by atoms with Gasteiger partial charge >= 0.3 is 5.97 Å². The monoisotopic (exact) mass is 259 g/mol. The van der Waals surface area contributed by atoms with Gasteiger partial charge in [0.25, 0.3) is 0 Å². The SMILES string of the molecule is Cc1noc(C2CCCS2(=O)=O)c1CC(=O)O. The van der Waals surface area contributed by atoms with Crippen LogP contribution < -0.4 is 0 Å². The van der Waals surface area contributed by atoms with E-state index in [9.17, 15) is 13.2 Å². The summed E-state index contributed by atoms with van der Waals surface area (Å²) in [6.07, 6.45) is 0.805. The number of aliphatic carboxylic acids is 1. The Morgan fingerprint density at radius 1 is 1.59 bits per heavy atom. The number of aromatic nitrogens is 1. The summed E-state index contributed by atoms with van der Waals surface area (Å²) in [6.45, 7) is 1.62. The maximum Gasteiger partial charge on any atom is 0.308 e. The van der Waals surface area contributed by atoms with Gasteiger partial charge in [0.15, 0.2) is 15.6 Å². The van der Waals surface area contributed by atoms with Crippen LogP contribution in [0.1, 0.15) is 35.1 Å². The van der Waals surface area contributed by atoms with Crippen molar-refractivity contribution in [2.24, 2.45) is 0 Å². The fourth-order valence-electron chi connectivity index (χ4n) is 2.11. The Morgan fingerprint density at radius 2 is 2.29 bits per heavy atom. The van der Waals surface area contributed by atoms with Crippen LogP contribution in [0.3, 0.4) is 0 Å². The molecule has 1 fully saturated rings. The lowest BCUT2D eigenvalue weighted by Gasteiger charge is -2.06. The molecule has 2 heterocycles. The molecule has 0 spiro atoms. The first-order valence-electron chi connectivity index (χ1n) is 5.30. The molecule has 94 valence electrons. The number of aryl methyl sites for hydroxylation is 1. The summed E-state index contributed by atoms with van der Waals surface area (Å²) in [7, 11) is -3.21. The standard InChI is InChI=1S/C10H13NO5S/c1-6-7(5-9(12)13)10(16-11-6)8-3-2-4-17(8,14)15/h8H,2-5H2,1H3,(H,12,13). The second-order valence-electron chi connectivity index (χ2n) is 4.18. The minimum absolute atomic E-state index is 0.129. The summed E-state index contributed by atoms with van der Waals surface area (Å²) in [5.41, 5.74) is 0.845. The van der Waals surface area contributed by atoms with Gasteiger partial charge < -0.3 is 9.63 Å². The van der Waals surface area contributed by atoms with Crippen molar-refractivity contribution < 1.29 is 22.8 Å². The predicted octanol–water partition coefficient (Wildman–Crippen LogP) is 0.860. The molecule has 0 aliphatic carbocycles. The predicted molar refractivity (Wildman–Crippen MR) is 58.3 cm³/mol. The van der Waals surface area contributed by atoms with Gasteiger partial charge in [0.05, 0.1) is 17.9 Å². The van der Waals surface area contributed by atoms with Gasteiger partial charge in [-0.1, -0.05) is 5.16 Å². The van der Waals surface area contributed by atoms with E-state index >= 15 is 0 Å². The molecule has 17 heavy (non-hydrogen) atoms. The van der Waals surface area contributed by atoms with Crippen LogP contribution in [-0.4, -0.2) is 30.4 Å². The van der Waals surface area contributed by atoms with Crippen LogP contribution in [-0.2, 0) is 21.1 Å². The molecule has 1 aliphatic heterocycles. The molecule has 0 aromatic carbocycles. The highest BCUT2D eigenvalue weighted by Crippen LogP contribution is 2.37. The Balaban J connectivity index is 2.42. The van der Waals surface area contributed by atoms with E-state index in [2.05, 4.69) is 5.16 Å². The fourth-order valence-corrected chi connectivity index (χ4v) is 4.00. The molecule has 6 nitrogen and oxygen atoms in total. The van der Waals surface area contributed by atoms with Crippen LogP contribution in [0.5, 0.6) is 0 Å². The normalized spacial score (nSPS) is 22.8. The maximum absolute atomic E-state index is 11.8. The molecule has 1 saturated heterocycles. The second kappa shape index (κ2) is 4.14. The quantitative estimate of drug-likeness (QED) is 0.864. The molecular formula is C10H13NO5S. The highest BCUT2D eigenvalue weighted by molar-refractivity contribution is 7.91. The molecule has 0 bridgehead atoms. The number of carbonyl (C=O) groups is 1. The number of hydrogen-bond acceptors (Lipinski definition) is 5. The van der Waals surface area contributed by atoms with Crippen LogP contribution in [0.25, 0.3) is 0 Å². The van der Waals surface area contributed by atoms with Crippen molar-refractivity contribution in [2.45, 2.75) is 31.4 Å². The molecule has 1 atom stereocenters. The van der Waals surface area contributed by atoms with Gasteiger partial charge in [0.1, 0.15) is 5.25 Å². The summed E-state index contributed by atoms with van der Waals surface area (Å²) in [5, 5.41) is 11.7. The molecule has 0 radical (unpaired) electrons. The molecule has 1 unspecified atom stereocenters. The van der Waals surface area contributed by atoms with Crippen LogP contribution in [0, 0.1) is 6.92 Å². The van der Waals surface area contributed by atoms with E-state index in [1.165, 1.54) is 0 Å². The summed E-state index contributed by atoms with van der Waals surface area (Å²) >= 11 is 0. The largest absolute Gasteiger partial charge is 0.481 e. The van der Waals surface area contributed by atoms with Crippen molar-refractivity contribution in [3.63, 3.8) is 0 Å². The highest BCUT2D eigenvalue weighted by atomic mass is 32.2. The average molecular weight is 259 g/mol. The van der Waals surface area contributed by atoms with Gasteiger partial charge in [0, 0.05) is 5.56 Å². The molecule has 1 aliphatic rings. The Kier molecular flexibility index (Phi) is 2.94. The molecular weight excluding hydrogens is 246 g/mol. The van der Waals surface area contributed by atoms with Gasteiger partial charge in [0.2, 0.25) is 0 Å². The number of rotatable bonds is 3. The van der Waals surface area contributed by atoms with E-state index < -0.39 is 21.1 Å². The molecule has 0 amide bonds. The van der Waals surface area contributed by atoms with Gasteiger partial charge in [-0.25, -0.2) is 8.42 Å². The zero-order valence-electron chi connectivity index (χ0n) is 9.34. The zero-order chi connectivity index (χ0) is 12.6. The van der Waals surface area contributed by atoms with Crippen molar-refractivity contribution in [1.29, 1.82) is 0 Å². The lowest BCUT2D eigenvalue weighted by molar-refractivity contribution is -0.136. The van der Waals surface area contributed by atoms with Gasteiger partial charge in [-0.3, -0.25) is 4.79 Å². The van der Waals surface area contributed by atoms with Crippen molar-refractivity contribution >= 4 is 15.8 Å². The smallest absolute Gasteiger partial charge is 0.308 e. The fraction of sp³-hybridized carbons (Fsp3) is 0.600. The Hall–Kier alpha value is -1.37. The lowest BCUT2D eigenvalue weighted by atomic mass is 10.1. The first-order valence-corrected chi connectivity index (χ1v) is 7.02. The van der Waals surface area contributed by atoms with Crippen LogP contribution >= 0.6 is 0 Å². The molecule has 2 rings (SSSR count). The number of hydrogen-bond donors (Lipinski definition) is 1. The summed E-state index contributed by atoms with van der Waals surface area (Å²) in [4.78, 5) is 10.7. The van der Waals surface area contributed by atoms with E-state index in [0.29, 0.717) is 24.1 Å². The van der Waals surface area contributed by atoms with Crippen molar-refractivity contribution in [3.8, 4) is 0 Å². The lowest BCUT2D eigenvalue weighted by Crippen LogP contribution is -2.11. The third-order valence-corrected chi connectivity index (χ3v) is 5.14. The van der Waals surface area contributed by atoms with E-state index in [4.69, 9.17) is 9.63 Å². The summed E-state index contributed by atoms with van der Waals surface area (Å²) in [6, 6.07) is 0. The second-order valence-corrected chi connectivity index (χ2v) is 6.48. The average Bonchev–Trinajstić information content (AvgIpc) is 2.71. The minimum atomic E-state index is -3.21. The molecule has 1 aromatic rings. The third kappa shape index (κ3) is 2.19. The minimum Gasteiger partial charge on any atom is -0.481 e.